The van der Waals surface area contributed by atoms with E-state index < -0.39 is 0 Å². The van der Waals surface area contributed by atoms with Gasteiger partial charge in [0, 0.05) is 30.8 Å². The highest BCUT2D eigenvalue weighted by Gasteiger charge is 2.17. The van der Waals surface area contributed by atoms with Crippen molar-refractivity contribution in [1.82, 2.24) is 9.55 Å². The minimum atomic E-state index is 0.260. The number of methoxy groups -OCH3 is 1. The number of fused-ring (bicyclic) bond motifs is 1. The van der Waals surface area contributed by atoms with E-state index >= 15 is 0 Å². The van der Waals surface area contributed by atoms with Crippen molar-refractivity contribution in [3.8, 4) is 17.0 Å². The molecule has 3 rings (SSSR count). The molecule has 94 valence electrons. The molecular weight excluding hydrogens is 226 g/mol. The lowest BCUT2D eigenvalue weighted by atomic mass is 10.1. The van der Waals surface area contributed by atoms with Gasteiger partial charge in [-0.2, -0.15) is 0 Å². The molecule has 2 aromatic rings. The Morgan fingerprint density at radius 3 is 2.83 bits per heavy atom. The molecule has 0 fully saturated rings. The van der Waals surface area contributed by atoms with Gasteiger partial charge >= 0.3 is 0 Å². The van der Waals surface area contributed by atoms with Gasteiger partial charge in [0.15, 0.2) is 0 Å². The van der Waals surface area contributed by atoms with Crippen molar-refractivity contribution >= 4 is 0 Å². The number of aryl methyl sites for hydroxylation is 1. The molecule has 0 spiro atoms. The van der Waals surface area contributed by atoms with Crippen molar-refractivity contribution in [1.29, 1.82) is 0 Å². The van der Waals surface area contributed by atoms with Gasteiger partial charge in [-0.25, -0.2) is 4.98 Å². The summed E-state index contributed by atoms with van der Waals surface area (Å²) in [6.07, 6.45) is 4.09. The average Bonchev–Trinajstić information content (AvgIpc) is 2.81. The minimum absolute atomic E-state index is 0.260. The van der Waals surface area contributed by atoms with Crippen LogP contribution in [0.15, 0.2) is 30.5 Å². The molecule has 0 radical (unpaired) electrons. The van der Waals surface area contributed by atoms with Gasteiger partial charge in [-0.1, -0.05) is 0 Å². The molecule has 0 amide bonds. The zero-order valence-corrected chi connectivity index (χ0v) is 10.5. The lowest BCUT2D eigenvalue weighted by Gasteiger charge is -2.19. The third kappa shape index (κ3) is 1.99. The van der Waals surface area contributed by atoms with Gasteiger partial charge in [0.1, 0.15) is 11.6 Å². The summed E-state index contributed by atoms with van der Waals surface area (Å²) < 4.78 is 7.33. The van der Waals surface area contributed by atoms with E-state index in [0.717, 1.165) is 42.2 Å². The van der Waals surface area contributed by atoms with Crippen molar-refractivity contribution < 1.29 is 4.74 Å². The maximum Gasteiger partial charge on any atom is 0.118 e. The molecule has 4 heteroatoms. The number of benzene rings is 1. The minimum Gasteiger partial charge on any atom is -0.497 e. The van der Waals surface area contributed by atoms with Crippen LogP contribution in [-0.4, -0.2) is 22.7 Å². The first kappa shape index (κ1) is 11.3. The van der Waals surface area contributed by atoms with Crippen LogP contribution in [-0.2, 0) is 13.0 Å². The summed E-state index contributed by atoms with van der Waals surface area (Å²) >= 11 is 0. The fraction of sp³-hybridized carbons (Fsp3) is 0.357. The Hall–Kier alpha value is -1.81. The molecule has 1 atom stereocenters. The van der Waals surface area contributed by atoms with Gasteiger partial charge in [-0.05, 0) is 30.7 Å². The Labute approximate surface area is 106 Å². The fourth-order valence-electron chi connectivity index (χ4n) is 2.37. The van der Waals surface area contributed by atoms with E-state index in [1.807, 2.05) is 24.3 Å². The third-order valence-electron chi connectivity index (χ3n) is 3.41. The van der Waals surface area contributed by atoms with Crippen molar-refractivity contribution in [3.63, 3.8) is 0 Å². The Morgan fingerprint density at radius 1 is 1.33 bits per heavy atom. The van der Waals surface area contributed by atoms with Crippen LogP contribution in [0.25, 0.3) is 11.3 Å². The standard InChI is InChI=1S/C14H17N3O/c1-18-12-5-2-10(3-6-12)13-9-17-8-11(15)4-7-14(17)16-13/h2-3,5-6,9,11H,4,7-8,15H2,1H3. The summed E-state index contributed by atoms with van der Waals surface area (Å²) in [5.74, 6) is 2.01. The second kappa shape index (κ2) is 4.46. The van der Waals surface area contributed by atoms with E-state index in [1.54, 1.807) is 7.11 Å². The number of hydrogen-bond donors (Lipinski definition) is 1. The smallest absolute Gasteiger partial charge is 0.118 e. The van der Waals surface area contributed by atoms with Crippen molar-refractivity contribution in [2.75, 3.05) is 7.11 Å². The quantitative estimate of drug-likeness (QED) is 0.875. The van der Waals surface area contributed by atoms with Crippen molar-refractivity contribution in [3.05, 3.63) is 36.3 Å². The summed E-state index contributed by atoms with van der Waals surface area (Å²) in [4.78, 5) is 4.68. The molecule has 1 aromatic heterocycles. The van der Waals surface area contributed by atoms with Crippen molar-refractivity contribution in [2.24, 2.45) is 5.73 Å². The molecule has 1 aliphatic rings. The molecule has 0 saturated carbocycles. The van der Waals surface area contributed by atoms with Crippen LogP contribution >= 0.6 is 0 Å². The molecule has 0 aliphatic carbocycles. The number of ether oxygens (including phenoxy) is 1. The lowest BCUT2D eigenvalue weighted by molar-refractivity contribution is 0.415. The van der Waals surface area contributed by atoms with Gasteiger partial charge in [-0.15, -0.1) is 0 Å². The third-order valence-corrected chi connectivity index (χ3v) is 3.41. The summed E-state index contributed by atoms with van der Waals surface area (Å²) in [5.41, 5.74) is 8.10. The van der Waals surface area contributed by atoms with E-state index in [-0.39, 0.29) is 6.04 Å². The molecule has 18 heavy (non-hydrogen) atoms. The number of rotatable bonds is 2. The fourth-order valence-corrected chi connectivity index (χ4v) is 2.37. The molecular formula is C14H17N3O. The molecule has 1 unspecified atom stereocenters. The maximum absolute atomic E-state index is 5.97. The topological polar surface area (TPSA) is 53.1 Å². The van der Waals surface area contributed by atoms with E-state index in [1.165, 1.54) is 0 Å². The van der Waals surface area contributed by atoms with E-state index in [2.05, 4.69) is 15.7 Å². The molecule has 4 nitrogen and oxygen atoms in total. The molecule has 1 aromatic carbocycles. The van der Waals surface area contributed by atoms with Gasteiger partial charge < -0.3 is 15.0 Å². The van der Waals surface area contributed by atoms with Gasteiger partial charge in [0.2, 0.25) is 0 Å². The van der Waals surface area contributed by atoms with E-state index in [0.29, 0.717) is 0 Å². The molecule has 1 aliphatic heterocycles. The second-order valence-corrected chi connectivity index (χ2v) is 4.72. The van der Waals surface area contributed by atoms with Gasteiger partial charge in [0.25, 0.3) is 0 Å². The number of nitrogens with two attached hydrogens (primary N) is 1. The van der Waals surface area contributed by atoms with Crippen LogP contribution in [0.1, 0.15) is 12.2 Å². The zero-order valence-electron chi connectivity index (χ0n) is 10.5. The zero-order chi connectivity index (χ0) is 12.5. The summed E-state index contributed by atoms with van der Waals surface area (Å²) in [6, 6.07) is 8.24. The monoisotopic (exact) mass is 243 g/mol. The maximum atomic E-state index is 5.97. The Kier molecular flexibility index (Phi) is 2.80. The Morgan fingerprint density at radius 2 is 2.11 bits per heavy atom. The largest absolute Gasteiger partial charge is 0.497 e. The highest BCUT2D eigenvalue weighted by atomic mass is 16.5. The average molecular weight is 243 g/mol. The van der Waals surface area contributed by atoms with Crippen LogP contribution in [0, 0.1) is 0 Å². The van der Waals surface area contributed by atoms with Gasteiger partial charge in [-0.3, -0.25) is 0 Å². The first-order chi connectivity index (χ1) is 8.76. The van der Waals surface area contributed by atoms with Gasteiger partial charge in [0.05, 0.1) is 12.8 Å². The van der Waals surface area contributed by atoms with E-state index in [9.17, 15) is 0 Å². The molecule has 2 N–H and O–H groups in total. The number of imidazole rings is 1. The van der Waals surface area contributed by atoms with Crippen LogP contribution in [0.2, 0.25) is 0 Å². The number of nitrogens with zero attached hydrogens (tertiary/aromatic N) is 2. The van der Waals surface area contributed by atoms with Crippen molar-refractivity contribution in [2.45, 2.75) is 25.4 Å². The molecule has 2 heterocycles. The predicted molar refractivity (Wildman–Crippen MR) is 70.5 cm³/mol. The molecule has 0 saturated heterocycles. The first-order valence-electron chi connectivity index (χ1n) is 6.22. The summed E-state index contributed by atoms with van der Waals surface area (Å²) in [6.45, 7) is 0.874. The van der Waals surface area contributed by atoms with E-state index in [4.69, 9.17) is 10.5 Å². The molecule has 0 bridgehead atoms. The second-order valence-electron chi connectivity index (χ2n) is 4.72. The van der Waals surface area contributed by atoms with Crippen LogP contribution < -0.4 is 10.5 Å². The number of aromatic nitrogens is 2. The lowest BCUT2D eigenvalue weighted by Crippen LogP contribution is -2.31. The Bertz CT molecular complexity index is 545. The predicted octanol–water partition coefficient (Wildman–Crippen LogP) is 1.83. The van der Waals surface area contributed by atoms with Crippen LogP contribution in [0.3, 0.4) is 0 Å². The summed E-state index contributed by atoms with van der Waals surface area (Å²) in [7, 11) is 1.67. The summed E-state index contributed by atoms with van der Waals surface area (Å²) in [5, 5.41) is 0. The SMILES string of the molecule is COc1ccc(-c2cn3c(n2)CCC(N)C3)cc1. The van der Waals surface area contributed by atoms with Crippen LogP contribution in [0.4, 0.5) is 0 Å². The Balaban J connectivity index is 1.92. The first-order valence-corrected chi connectivity index (χ1v) is 6.22. The number of hydrogen-bond acceptors (Lipinski definition) is 3. The van der Waals surface area contributed by atoms with Crippen LogP contribution in [0.5, 0.6) is 5.75 Å². The highest BCUT2D eigenvalue weighted by molar-refractivity contribution is 5.59. The normalized spacial score (nSPS) is 18.4. The highest BCUT2D eigenvalue weighted by Crippen LogP contribution is 2.24.